The van der Waals surface area contributed by atoms with E-state index >= 15 is 0 Å². The van der Waals surface area contributed by atoms with Gasteiger partial charge in [-0.25, -0.2) is 4.98 Å². The van der Waals surface area contributed by atoms with Gasteiger partial charge in [0.05, 0.1) is 0 Å². The van der Waals surface area contributed by atoms with Crippen LogP contribution < -0.4 is 0 Å². The lowest BCUT2D eigenvalue weighted by molar-refractivity contribution is 0.529. The van der Waals surface area contributed by atoms with E-state index in [0.29, 0.717) is 10.8 Å². The van der Waals surface area contributed by atoms with Crippen LogP contribution in [0.4, 0.5) is 0 Å². The Morgan fingerprint density at radius 3 is 2.89 bits per heavy atom. The molecule has 18 heavy (non-hydrogen) atoms. The van der Waals surface area contributed by atoms with Gasteiger partial charge in [-0.1, -0.05) is 11.6 Å². The third-order valence-corrected chi connectivity index (χ3v) is 3.04. The SMILES string of the molecule is Cc1nc(Cl)cc2nnc(C(C)n3cccn3)n12. The highest BCUT2D eigenvalue weighted by Gasteiger charge is 2.17. The van der Waals surface area contributed by atoms with Gasteiger partial charge >= 0.3 is 0 Å². The molecule has 0 bridgehead atoms. The number of aryl methyl sites for hydroxylation is 1. The molecule has 3 rings (SSSR count). The van der Waals surface area contributed by atoms with Gasteiger partial charge in [0.2, 0.25) is 0 Å². The smallest absolute Gasteiger partial charge is 0.165 e. The summed E-state index contributed by atoms with van der Waals surface area (Å²) in [5, 5.41) is 13.0. The molecule has 6 nitrogen and oxygen atoms in total. The fourth-order valence-electron chi connectivity index (χ4n) is 1.98. The molecule has 0 aliphatic heterocycles. The van der Waals surface area contributed by atoms with Crippen LogP contribution in [0, 0.1) is 6.92 Å². The maximum atomic E-state index is 5.90. The molecular weight excluding hydrogens is 252 g/mol. The van der Waals surface area contributed by atoms with E-state index in [1.54, 1.807) is 12.3 Å². The minimum absolute atomic E-state index is 0.0170. The fraction of sp³-hybridized carbons (Fsp3) is 0.273. The van der Waals surface area contributed by atoms with E-state index in [2.05, 4.69) is 20.3 Å². The number of aromatic nitrogens is 6. The summed E-state index contributed by atoms with van der Waals surface area (Å²) in [6.07, 6.45) is 3.63. The van der Waals surface area contributed by atoms with Gasteiger partial charge in [0, 0.05) is 18.5 Å². The lowest BCUT2D eigenvalue weighted by atomic mass is 10.3. The summed E-state index contributed by atoms with van der Waals surface area (Å²) in [6, 6.07) is 3.56. The van der Waals surface area contributed by atoms with Crippen molar-refractivity contribution in [2.24, 2.45) is 0 Å². The Morgan fingerprint density at radius 1 is 1.33 bits per heavy atom. The Morgan fingerprint density at radius 2 is 2.17 bits per heavy atom. The maximum Gasteiger partial charge on any atom is 0.165 e. The van der Waals surface area contributed by atoms with Crippen LogP contribution in [-0.2, 0) is 0 Å². The summed E-state index contributed by atoms with van der Waals surface area (Å²) in [6.45, 7) is 3.89. The minimum atomic E-state index is -0.0170. The van der Waals surface area contributed by atoms with Gasteiger partial charge in [-0.05, 0) is 19.9 Å². The predicted molar refractivity (Wildman–Crippen MR) is 66.6 cm³/mol. The van der Waals surface area contributed by atoms with E-state index in [4.69, 9.17) is 11.6 Å². The summed E-state index contributed by atoms with van der Waals surface area (Å²) in [7, 11) is 0. The number of rotatable bonds is 2. The average molecular weight is 263 g/mol. The molecule has 92 valence electrons. The quantitative estimate of drug-likeness (QED) is 0.662. The van der Waals surface area contributed by atoms with Crippen molar-refractivity contribution in [2.45, 2.75) is 19.9 Å². The molecule has 3 aromatic heterocycles. The molecule has 3 aromatic rings. The first-order chi connectivity index (χ1) is 8.66. The van der Waals surface area contributed by atoms with Crippen molar-refractivity contribution < 1.29 is 0 Å². The van der Waals surface area contributed by atoms with Crippen LogP contribution in [0.3, 0.4) is 0 Å². The second-order valence-electron chi connectivity index (χ2n) is 4.04. The van der Waals surface area contributed by atoms with Crippen LogP contribution in [0.15, 0.2) is 24.5 Å². The van der Waals surface area contributed by atoms with E-state index < -0.39 is 0 Å². The van der Waals surface area contributed by atoms with Crippen LogP contribution >= 0.6 is 11.6 Å². The Balaban J connectivity index is 2.19. The predicted octanol–water partition coefficient (Wildman–Crippen LogP) is 1.89. The molecule has 0 amide bonds. The van der Waals surface area contributed by atoms with Gasteiger partial charge in [0.25, 0.3) is 0 Å². The molecule has 1 unspecified atom stereocenters. The molecule has 0 aromatic carbocycles. The highest BCUT2D eigenvalue weighted by atomic mass is 35.5. The second-order valence-corrected chi connectivity index (χ2v) is 4.43. The zero-order valence-electron chi connectivity index (χ0n) is 9.95. The van der Waals surface area contributed by atoms with Crippen molar-refractivity contribution >= 4 is 17.2 Å². The normalized spacial score (nSPS) is 13.1. The summed E-state index contributed by atoms with van der Waals surface area (Å²) in [5.41, 5.74) is 0.696. The molecule has 0 aliphatic carbocycles. The van der Waals surface area contributed by atoms with Gasteiger partial charge in [0.15, 0.2) is 11.5 Å². The molecule has 0 saturated heterocycles. The Kier molecular flexibility index (Phi) is 2.52. The molecule has 0 spiro atoms. The summed E-state index contributed by atoms with van der Waals surface area (Å²) < 4.78 is 3.71. The number of fused-ring (bicyclic) bond motifs is 1. The number of hydrogen-bond donors (Lipinski definition) is 0. The summed E-state index contributed by atoms with van der Waals surface area (Å²) >= 11 is 5.90. The average Bonchev–Trinajstić information content (AvgIpc) is 2.96. The first-order valence-electron chi connectivity index (χ1n) is 5.54. The van der Waals surface area contributed by atoms with E-state index in [1.165, 1.54) is 0 Å². The van der Waals surface area contributed by atoms with Crippen molar-refractivity contribution in [3.05, 3.63) is 41.3 Å². The fourth-order valence-corrected chi connectivity index (χ4v) is 2.20. The monoisotopic (exact) mass is 262 g/mol. The third-order valence-electron chi connectivity index (χ3n) is 2.85. The maximum absolute atomic E-state index is 5.90. The highest BCUT2D eigenvalue weighted by molar-refractivity contribution is 6.29. The van der Waals surface area contributed by atoms with E-state index in [-0.39, 0.29) is 6.04 Å². The van der Waals surface area contributed by atoms with Gasteiger partial charge in [-0.2, -0.15) is 5.10 Å². The standard InChI is InChI=1S/C11H11ClN6/c1-7(17-5-3-4-13-17)11-16-15-10-6-9(12)14-8(2)18(10)11/h3-7H,1-2H3. The Bertz CT molecular complexity index is 687. The molecule has 7 heteroatoms. The first-order valence-corrected chi connectivity index (χ1v) is 5.92. The lowest BCUT2D eigenvalue weighted by Crippen LogP contribution is -2.12. The van der Waals surface area contributed by atoms with Crippen LogP contribution in [-0.4, -0.2) is 29.4 Å². The van der Waals surface area contributed by atoms with E-state index in [1.807, 2.05) is 35.2 Å². The van der Waals surface area contributed by atoms with Crippen molar-refractivity contribution in [1.82, 2.24) is 29.4 Å². The van der Waals surface area contributed by atoms with Gasteiger partial charge in [0.1, 0.15) is 17.0 Å². The topological polar surface area (TPSA) is 60.9 Å². The second kappa shape index (κ2) is 4.06. The highest BCUT2D eigenvalue weighted by Crippen LogP contribution is 2.18. The van der Waals surface area contributed by atoms with Gasteiger partial charge in [-0.3, -0.25) is 9.08 Å². The van der Waals surface area contributed by atoms with Crippen LogP contribution in [0.5, 0.6) is 0 Å². The lowest BCUT2D eigenvalue weighted by Gasteiger charge is -2.11. The third kappa shape index (κ3) is 1.65. The van der Waals surface area contributed by atoms with Gasteiger partial charge in [-0.15, -0.1) is 10.2 Å². The zero-order valence-corrected chi connectivity index (χ0v) is 10.7. The van der Waals surface area contributed by atoms with E-state index in [9.17, 15) is 0 Å². The van der Waals surface area contributed by atoms with Crippen LogP contribution in [0.25, 0.3) is 5.65 Å². The molecule has 0 fully saturated rings. The zero-order chi connectivity index (χ0) is 12.7. The summed E-state index contributed by atoms with van der Waals surface area (Å²) in [5.74, 6) is 1.55. The molecule has 0 saturated carbocycles. The Hall–Kier alpha value is -1.95. The largest absolute Gasteiger partial charge is 0.265 e. The summed E-state index contributed by atoms with van der Waals surface area (Å²) in [4.78, 5) is 4.22. The van der Waals surface area contributed by atoms with Crippen LogP contribution in [0.1, 0.15) is 24.6 Å². The first kappa shape index (κ1) is 11.2. The molecule has 1 atom stereocenters. The minimum Gasteiger partial charge on any atom is -0.265 e. The van der Waals surface area contributed by atoms with Crippen molar-refractivity contribution in [2.75, 3.05) is 0 Å². The van der Waals surface area contributed by atoms with Crippen molar-refractivity contribution in [1.29, 1.82) is 0 Å². The van der Waals surface area contributed by atoms with Crippen LogP contribution in [0.2, 0.25) is 5.15 Å². The molecule has 0 N–H and O–H groups in total. The van der Waals surface area contributed by atoms with E-state index in [0.717, 1.165) is 11.6 Å². The molecule has 3 heterocycles. The van der Waals surface area contributed by atoms with Crippen molar-refractivity contribution in [3.8, 4) is 0 Å². The number of hydrogen-bond acceptors (Lipinski definition) is 4. The Labute approximate surface area is 108 Å². The molecule has 0 radical (unpaired) electrons. The molecular formula is C11H11ClN6. The van der Waals surface area contributed by atoms with Gasteiger partial charge < -0.3 is 0 Å². The van der Waals surface area contributed by atoms with Crippen molar-refractivity contribution in [3.63, 3.8) is 0 Å². The number of halogens is 1. The molecule has 0 aliphatic rings. The number of nitrogens with zero attached hydrogens (tertiary/aromatic N) is 6.